The average Bonchev–Trinajstić information content (AvgIpc) is 2.77. The molecule has 11 heteroatoms. The summed E-state index contributed by atoms with van der Waals surface area (Å²) in [7, 11) is 0. The van der Waals surface area contributed by atoms with Gasteiger partial charge in [-0.05, 0) is 30.4 Å². The fraction of sp³-hybridized carbons (Fsp3) is 0.231. The molecule has 1 aromatic carbocycles. The Morgan fingerprint density at radius 1 is 1.29 bits per heavy atom. The smallest absolute Gasteiger partial charge is 0.358 e. The number of carbonyl (C=O) groups is 1. The van der Waals surface area contributed by atoms with Gasteiger partial charge in [0.15, 0.2) is 5.02 Å². The maximum absolute atomic E-state index is 12.1. The number of carbonyl (C=O) groups excluding carboxylic acids is 1. The zero-order chi connectivity index (χ0) is 18.0. The van der Waals surface area contributed by atoms with E-state index < -0.39 is 21.6 Å². The number of anilines is 1. The molecular weight excluding hydrogens is 342 g/mol. The van der Waals surface area contributed by atoms with Gasteiger partial charge in [-0.2, -0.15) is 4.68 Å². The number of rotatable bonds is 5. The third-order valence-corrected chi connectivity index (χ3v) is 3.72. The molecule has 0 aliphatic rings. The van der Waals surface area contributed by atoms with Crippen molar-refractivity contribution in [1.82, 2.24) is 9.78 Å². The van der Waals surface area contributed by atoms with Gasteiger partial charge in [0, 0.05) is 17.8 Å². The molecule has 2 aromatic rings. The lowest BCUT2D eigenvalue weighted by Gasteiger charge is -2.07. The van der Waals surface area contributed by atoms with Crippen molar-refractivity contribution in [2.24, 2.45) is 0 Å². The largest absolute Gasteiger partial charge is 0.408 e. The zero-order valence-electron chi connectivity index (χ0n) is 12.6. The quantitative estimate of drug-likeness (QED) is 0.648. The maximum Gasteiger partial charge on any atom is 0.408 e. The van der Waals surface area contributed by atoms with Gasteiger partial charge in [-0.25, -0.2) is 0 Å². The van der Waals surface area contributed by atoms with Crippen LogP contribution in [0.25, 0.3) is 0 Å². The van der Waals surface area contributed by atoms with Crippen LogP contribution in [-0.2, 0) is 11.3 Å². The number of halogens is 1. The molecule has 0 aliphatic heterocycles. The number of hydrogen-bond donors (Lipinski definition) is 1. The van der Waals surface area contributed by atoms with Crippen molar-refractivity contribution < 1.29 is 14.6 Å². The van der Waals surface area contributed by atoms with Gasteiger partial charge in [-0.1, -0.05) is 11.6 Å². The summed E-state index contributed by atoms with van der Waals surface area (Å²) in [5.41, 5.74) is 1.12. The van der Waals surface area contributed by atoms with Gasteiger partial charge < -0.3 is 15.4 Å². The van der Waals surface area contributed by atoms with Crippen LogP contribution in [-0.4, -0.2) is 25.5 Å². The van der Waals surface area contributed by atoms with Crippen molar-refractivity contribution >= 4 is 34.7 Å². The van der Waals surface area contributed by atoms with Gasteiger partial charge in [0.05, 0.1) is 15.7 Å². The molecule has 24 heavy (non-hydrogen) atoms. The maximum atomic E-state index is 12.1. The molecule has 1 N–H and O–H groups in total. The molecule has 0 fully saturated rings. The summed E-state index contributed by atoms with van der Waals surface area (Å²) >= 11 is 5.80. The molecule has 0 radical (unpaired) electrons. The molecule has 1 heterocycles. The molecule has 10 nitrogen and oxygen atoms in total. The Kier molecular flexibility index (Phi) is 4.79. The van der Waals surface area contributed by atoms with Crippen molar-refractivity contribution in [3.05, 3.63) is 54.7 Å². The van der Waals surface area contributed by atoms with Crippen LogP contribution in [0.4, 0.5) is 17.2 Å². The summed E-state index contributed by atoms with van der Waals surface area (Å²) in [6.45, 7) is 2.84. The van der Waals surface area contributed by atoms with E-state index in [1.165, 1.54) is 25.1 Å². The summed E-state index contributed by atoms with van der Waals surface area (Å²) in [6, 6.07) is 4.01. The molecule has 0 saturated heterocycles. The summed E-state index contributed by atoms with van der Waals surface area (Å²) in [5.74, 6) is -1.02. The number of benzene rings is 1. The summed E-state index contributed by atoms with van der Waals surface area (Å²) in [6.07, 6.45) is 0. The average molecular weight is 354 g/mol. The van der Waals surface area contributed by atoms with Crippen LogP contribution in [0.5, 0.6) is 0 Å². The summed E-state index contributed by atoms with van der Waals surface area (Å²) < 4.78 is 1.12. The number of nitro benzene ring substituents is 1. The number of non-ortho nitro benzene ring substituents is 1. The molecule has 126 valence electrons. The summed E-state index contributed by atoms with van der Waals surface area (Å²) in [5, 5.41) is 27.6. The first kappa shape index (κ1) is 17.3. The number of hydrogen-bond acceptors (Lipinski definition) is 6. The molecule has 2 rings (SSSR count). The van der Waals surface area contributed by atoms with E-state index >= 15 is 0 Å². The minimum Gasteiger partial charge on any atom is -0.358 e. The SMILES string of the molecule is Cc1cc([N+](=O)[O-])ccc1NC(=O)Cn1nc([N+](=O)[O-])c(Cl)c1C. The number of nitrogens with zero attached hydrogens (tertiary/aromatic N) is 4. The third-order valence-electron chi connectivity index (χ3n) is 3.28. The summed E-state index contributed by atoms with van der Waals surface area (Å²) in [4.78, 5) is 32.3. The highest BCUT2D eigenvalue weighted by atomic mass is 35.5. The molecule has 1 amide bonds. The fourth-order valence-electron chi connectivity index (χ4n) is 2.01. The normalized spacial score (nSPS) is 10.5. The van der Waals surface area contributed by atoms with E-state index in [1.54, 1.807) is 6.92 Å². The second-order valence-corrected chi connectivity index (χ2v) is 5.32. The van der Waals surface area contributed by atoms with Crippen LogP contribution in [0.1, 0.15) is 11.3 Å². The van der Waals surface area contributed by atoms with E-state index in [9.17, 15) is 25.0 Å². The fourth-order valence-corrected chi connectivity index (χ4v) is 2.21. The lowest BCUT2D eigenvalue weighted by atomic mass is 10.2. The van der Waals surface area contributed by atoms with Crippen molar-refractivity contribution in [1.29, 1.82) is 0 Å². The van der Waals surface area contributed by atoms with Crippen molar-refractivity contribution in [3.8, 4) is 0 Å². The van der Waals surface area contributed by atoms with Crippen LogP contribution in [0.2, 0.25) is 5.02 Å². The minimum absolute atomic E-state index is 0.0872. The predicted molar refractivity (Wildman–Crippen MR) is 85.1 cm³/mol. The Balaban J connectivity index is 2.16. The Morgan fingerprint density at radius 2 is 1.96 bits per heavy atom. The highest BCUT2D eigenvalue weighted by molar-refractivity contribution is 6.33. The Bertz CT molecular complexity index is 848. The van der Waals surface area contributed by atoms with Crippen LogP contribution in [0, 0.1) is 34.1 Å². The number of aromatic nitrogens is 2. The van der Waals surface area contributed by atoms with Gasteiger partial charge >= 0.3 is 5.82 Å². The molecule has 0 saturated carbocycles. The Hall–Kier alpha value is -3.01. The molecule has 0 aliphatic carbocycles. The first-order valence-electron chi connectivity index (χ1n) is 6.63. The molecule has 0 unspecified atom stereocenters. The number of aryl methyl sites for hydroxylation is 1. The van der Waals surface area contributed by atoms with E-state index in [2.05, 4.69) is 10.4 Å². The molecule has 0 atom stereocenters. The van der Waals surface area contributed by atoms with Crippen molar-refractivity contribution in [2.45, 2.75) is 20.4 Å². The second-order valence-electron chi connectivity index (χ2n) is 4.94. The van der Waals surface area contributed by atoms with Gasteiger partial charge in [0.1, 0.15) is 6.54 Å². The van der Waals surface area contributed by atoms with Crippen LogP contribution < -0.4 is 5.32 Å². The lowest BCUT2D eigenvalue weighted by molar-refractivity contribution is -0.389. The molecule has 0 bridgehead atoms. The van der Waals surface area contributed by atoms with E-state index in [-0.39, 0.29) is 17.3 Å². The lowest BCUT2D eigenvalue weighted by Crippen LogP contribution is -2.20. The highest BCUT2D eigenvalue weighted by Gasteiger charge is 2.25. The van der Waals surface area contributed by atoms with Crippen molar-refractivity contribution in [3.63, 3.8) is 0 Å². The Labute approximate surface area is 140 Å². The van der Waals surface area contributed by atoms with E-state index in [4.69, 9.17) is 11.6 Å². The van der Waals surface area contributed by atoms with Crippen LogP contribution in [0.3, 0.4) is 0 Å². The zero-order valence-corrected chi connectivity index (χ0v) is 13.4. The van der Waals surface area contributed by atoms with Gasteiger partial charge in [-0.3, -0.25) is 14.9 Å². The van der Waals surface area contributed by atoms with E-state index in [1.807, 2.05) is 0 Å². The minimum atomic E-state index is -0.732. The number of nitrogens with one attached hydrogen (secondary N) is 1. The molecule has 0 spiro atoms. The predicted octanol–water partition coefficient (Wildman–Crippen LogP) is 2.61. The van der Waals surface area contributed by atoms with E-state index in [0.29, 0.717) is 16.9 Å². The third kappa shape index (κ3) is 3.49. The standard InChI is InChI=1S/C13H12ClN5O5/c1-7-5-9(18(21)22)3-4-10(7)15-11(20)6-17-8(2)12(14)13(16-17)19(23)24/h3-5H,6H2,1-2H3,(H,15,20). The van der Waals surface area contributed by atoms with Gasteiger partial charge in [-0.15, -0.1) is 0 Å². The monoisotopic (exact) mass is 353 g/mol. The number of amides is 1. The molecular formula is C13H12ClN5O5. The second kappa shape index (κ2) is 6.62. The topological polar surface area (TPSA) is 133 Å². The Morgan fingerprint density at radius 3 is 2.46 bits per heavy atom. The first-order valence-corrected chi connectivity index (χ1v) is 7.00. The van der Waals surface area contributed by atoms with Crippen LogP contribution >= 0.6 is 11.6 Å². The first-order chi connectivity index (χ1) is 11.2. The highest BCUT2D eigenvalue weighted by Crippen LogP contribution is 2.26. The van der Waals surface area contributed by atoms with Gasteiger partial charge in [0.2, 0.25) is 5.91 Å². The van der Waals surface area contributed by atoms with Crippen LogP contribution in [0.15, 0.2) is 18.2 Å². The van der Waals surface area contributed by atoms with Gasteiger partial charge in [0.25, 0.3) is 5.69 Å². The van der Waals surface area contributed by atoms with E-state index in [0.717, 1.165) is 4.68 Å². The molecule has 1 aromatic heterocycles. The number of nitro groups is 2. The van der Waals surface area contributed by atoms with Crippen molar-refractivity contribution in [2.75, 3.05) is 5.32 Å².